The monoisotopic (exact) mass is 434 g/mol. The molecule has 1 aromatic heterocycles. The van der Waals surface area contributed by atoms with Gasteiger partial charge in [-0.05, 0) is 40.2 Å². The number of halogens is 5. The lowest BCUT2D eigenvalue weighted by Crippen LogP contribution is -2.17. The molecule has 0 unspecified atom stereocenters. The van der Waals surface area contributed by atoms with Gasteiger partial charge < -0.3 is 14.3 Å². The van der Waals surface area contributed by atoms with Crippen LogP contribution in [0.15, 0.2) is 50.1 Å². The Balaban J connectivity index is 2.23. The van der Waals surface area contributed by atoms with E-state index in [1.54, 1.807) is 6.07 Å². The van der Waals surface area contributed by atoms with Gasteiger partial charge in [-0.2, -0.15) is 0 Å². The standard InChI is InChI=1S/C16H7BrClF3O4/c17-9-5-11(22)8(4-14(9)25-16(19,20)21)13-6-12(23)7-2-1-3-10(18)15(7)24-13/h1-6,22H. The number of hydrogen-bond acceptors (Lipinski definition) is 4. The number of ether oxygens (including phenoxy) is 1. The molecule has 0 aliphatic carbocycles. The van der Waals surface area contributed by atoms with Crippen molar-refractivity contribution < 1.29 is 27.4 Å². The van der Waals surface area contributed by atoms with E-state index in [0.29, 0.717) is 0 Å². The molecule has 0 spiro atoms. The minimum atomic E-state index is -4.93. The molecule has 0 atom stereocenters. The molecule has 2 aromatic carbocycles. The van der Waals surface area contributed by atoms with E-state index in [9.17, 15) is 23.1 Å². The number of phenolic OH excluding ortho intramolecular Hbond substituents is 1. The first kappa shape index (κ1) is 17.6. The Labute approximate surface area is 151 Å². The summed E-state index contributed by atoms with van der Waals surface area (Å²) in [5.41, 5.74) is -0.548. The third-order valence-corrected chi connectivity index (χ3v) is 4.17. The topological polar surface area (TPSA) is 59.7 Å². The van der Waals surface area contributed by atoms with Crippen molar-refractivity contribution in [2.45, 2.75) is 6.36 Å². The summed E-state index contributed by atoms with van der Waals surface area (Å²) in [5.74, 6) is -1.15. The molecule has 4 nitrogen and oxygen atoms in total. The first-order valence-electron chi connectivity index (χ1n) is 6.67. The second-order valence-electron chi connectivity index (χ2n) is 4.94. The molecular weight excluding hydrogens is 429 g/mol. The van der Waals surface area contributed by atoms with Gasteiger partial charge in [-0.1, -0.05) is 17.7 Å². The molecule has 130 valence electrons. The fourth-order valence-electron chi connectivity index (χ4n) is 2.22. The van der Waals surface area contributed by atoms with Gasteiger partial charge in [0.05, 0.1) is 20.4 Å². The van der Waals surface area contributed by atoms with Crippen LogP contribution in [-0.2, 0) is 0 Å². The van der Waals surface area contributed by atoms with Crippen molar-refractivity contribution in [2.24, 2.45) is 0 Å². The number of phenols is 1. The van der Waals surface area contributed by atoms with Gasteiger partial charge in [0.2, 0.25) is 0 Å². The summed E-state index contributed by atoms with van der Waals surface area (Å²) in [6.07, 6.45) is -4.93. The zero-order valence-electron chi connectivity index (χ0n) is 12.0. The minimum absolute atomic E-state index is 0.0623. The van der Waals surface area contributed by atoms with Gasteiger partial charge in [-0.15, -0.1) is 13.2 Å². The van der Waals surface area contributed by atoms with E-state index in [2.05, 4.69) is 20.7 Å². The van der Waals surface area contributed by atoms with Crippen LogP contribution in [0.4, 0.5) is 13.2 Å². The minimum Gasteiger partial charge on any atom is -0.507 e. The highest BCUT2D eigenvalue weighted by molar-refractivity contribution is 9.10. The molecular formula is C16H7BrClF3O4. The van der Waals surface area contributed by atoms with Crippen LogP contribution in [0.25, 0.3) is 22.3 Å². The van der Waals surface area contributed by atoms with E-state index in [-0.39, 0.29) is 31.8 Å². The zero-order chi connectivity index (χ0) is 18.4. The Bertz CT molecular complexity index is 1030. The molecule has 0 saturated carbocycles. The van der Waals surface area contributed by atoms with Crippen LogP contribution >= 0.6 is 27.5 Å². The van der Waals surface area contributed by atoms with E-state index in [0.717, 1.165) is 18.2 Å². The summed E-state index contributed by atoms with van der Waals surface area (Å²) in [5, 5.41) is 10.4. The van der Waals surface area contributed by atoms with Crippen molar-refractivity contribution >= 4 is 38.5 Å². The number of benzene rings is 2. The molecule has 0 aliphatic rings. The van der Waals surface area contributed by atoms with E-state index in [1.165, 1.54) is 12.1 Å². The molecule has 0 aliphatic heterocycles. The Morgan fingerprint density at radius 3 is 2.60 bits per heavy atom. The lowest BCUT2D eigenvalue weighted by atomic mass is 10.1. The molecule has 3 rings (SSSR count). The Hall–Kier alpha value is -2.19. The van der Waals surface area contributed by atoms with Crippen LogP contribution in [0, 0.1) is 0 Å². The van der Waals surface area contributed by atoms with Crippen molar-refractivity contribution in [2.75, 3.05) is 0 Å². The van der Waals surface area contributed by atoms with Gasteiger partial charge in [0, 0.05) is 6.07 Å². The molecule has 1 N–H and O–H groups in total. The molecule has 0 fully saturated rings. The highest BCUT2D eigenvalue weighted by Crippen LogP contribution is 2.40. The Morgan fingerprint density at radius 1 is 1.20 bits per heavy atom. The normalized spacial score (nSPS) is 11.7. The summed E-state index contributed by atoms with van der Waals surface area (Å²) in [7, 11) is 0. The lowest BCUT2D eigenvalue weighted by Gasteiger charge is -2.13. The predicted molar refractivity (Wildman–Crippen MR) is 89.0 cm³/mol. The zero-order valence-corrected chi connectivity index (χ0v) is 14.4. The molecule has 1 heterocycles. The lowest BCUT2D eigenvalue weighted by molar-refractivity contribution is -0.274. The number of fused-ring (bicyclic) bond motifs is 1. The molecule has 0 radical (unpaired) electrons. The molecule has 0 saturated heterocycles. The number of alkyl halides is 3. The van der Waals surface area contributed by atoms with Crippen molar-refractivity contribution in [3.05, 3.63) is 56.1 Å². The van der Waals surface area contributed by atoms with Crippen LogP contribution in [-0.4, -0.2) is 11.5 Å². The van der Waals surface area contributed by atoms with Gasteiger partial charge in [0.25, 0.3) is 0 Å². The summed E-state index contributed by atoms with van der Waals surface area (Å²) in [6, 6.07) is 7.53. The first-order chi connectivity index (χ1) is 11.7. The van der Waals surface area contributed by atoms with Crippen molar-refractivity contribution in [1.29, 1.82) is 0 Å². The van der Waals surface area contributed by atoms with E-state index in [1.807, 2.05) is 0 Å². The maximum atomic E-state index is 12.5. The maximum Gasteiger partial charge on any atom is 0.573 e. The van der Waals surface area contributed by atoms with Crippen LogP contribution in [0.3, 0.4) is 0 Å². The van der Waals surface area contributed by atoms with Crippen LogP contribution in [0.5, 0.6) is 11.5 Å². The number of rotatable bonds is 2. The molecule has 0 amide bonds. The SMILES string of the molecule is O=c1cc(-c2cc(OC(F)(F)F)c(Br)cc2O)oc2c(Cl)cccc12. The van der Waals surface area contributed by atoms with Crippen LogP contribution in [0.2, 0.25) is 5.02 Å². The smallest absolute Gasteiger partial charge is 0.507 e. The summed E-state index contributed by atoms with van der Waals surface area (Å²) in [6.45, 7) is 0. The average molecular weight is 436 g/mol. The van der Waals surface area contributed by atoms with Gasteiger partial charge >= 0.3 is 6.36 Å². The van der Waals surface area contributed by atoms with Gasteiger partial charge in [-0.3, -0.25) is 4.79 Å². The van der Waals surface area contributed by atoms with Crippen molar-refractivity contribution in [3.63, 3.8) is 0 Å². The van der Waals surface area contributed by atoms with Gasteiger partial charge in [0.1, 0.15) is 17.3 Å². The Morgan fingerprint density at radius 2 is 1.92 bits per heavy atom. The highest BCUT2D eigenvalue weighted by atomic mass is 79.9. The van der Waals surface area contributed by atoms with Crippen LogP contribution in [0.1, 0.15) is 0 Å². The summed E-state index contributed by atoms with van der Waals surface area (Å²) >= 11 is 8.87. The molecule has 9 heteroatoms. The number of hydrogen-bond donors (Lipinski definition) is 1. The largest absolute Gasteiger partial charge is 0.573 e. The van der Waals surface area contributed by atoms with Crippen LogP contribution < -0.4 is 10.2 Å². The molecule has 25 heavy (non-hydrogen) atoms. The van der Waals surface area contributed by atoms with Gasteiger partial charge in [-0.25, -0.2) is 0 Å². The second-order valence-corrected chi connectivity index (χ2v) is 6.20. The first-order valence-corrected chi connectivity index (χ1v) is 7.84. The fraction of sp³-hybridized carbons (Fsp3) is 0.0625. The second kappa shape index (κ2) is 6.27. The number of para-hydroxylation sites is 1. The molecule has 0 bridgehead atoms. The Kier molecular flexibility index (Phi) is 4.42. The summed E-state index contributed by atoms with van der Waals surface area (Å²) < 4.78 is 46.7. The third-order valence-electron chi connectivity index (χ3n) is 3.25. The van der Waals surface area contributed by atoms with Crippen molar-refractivity contribution in [3.8, 4) is 22.8 Å². The third kappa shape index (κ3) is 3.59. The van der Waals surface area contributed by atoms with Crippen molar-refractivity contribution in [1.82, 2.24) is 0 Å². The maximum absolute atomic E-state index is 12.5. The average Bonchev–Trinajstić information content (AvgIpc) is 2.50. The van der Waals surface area contributed by atoms with E-state index < -0.39 is 23.3 Å². The quantitative estimate of drug-likeness (QED) is 0.579. The van der Waals surface area contributed by atoms with E-state index in [4.69, 9.17) is 16.0 Å². The summed E-state index contributed by atoms with van der Waals surface area (Å²) in [4.78, 5) is 12.2. The molecule has 3 aromatic rings. The van der Waals surface area contributed by atoms with E-state index >= 15 is 0 Å². The van der Waals surface area contributed by atoms with Gasteiger partial charge in [0.15, 0.2) is 11.0 Å². The predicted octanol–water partition coefficient (Wildman–Crippen LogP) is 5.48. The fourth-order valence-corrected chi connectivity index (χ4v) is 2.84. The highest BCUT2D eigenvalue weighted by Gasteiger charge is 2.32. The number of aromatic hydroxyl groups is 1.